The summed E-state index contributed by atoms with van der Waals surface area (Å²) < 4.78 is 25.3. The minimum absolute atomic E-state index is 0.0549. The van der Waals surface area contributed by atoms with Crippen LogP contribution >= 0.6 is 11.6 Å². The van der Waals surface area contributed by atoms with Gasteiger partial charge >= 0.3 is 0 Å². The number of likely N-dealkylation sites (N-methyl/N-ethyl adjacent to an activating group) is 1. The third kappa shape index (κ3) is 4.84. The van der Waals surface area contributed by atoms with E-state index in [-0.39, 0.29) is 17.2 Å². The smallest absolute Gasteiger partial charge is 0.251 e. The third-order valence-electron chi connectivity index (χ3n) is 4.36. The van der Waals surface area contributed by atoms with Crippen LogP contribution in [0.15, 0.2) is 59.6 Å². The van der Waals surface area contributed by atoms with Crippen molar-refractivity contribution in [3.63, 3.8) is 0 Å². The minimum Gasteiger partial charge on any atom is -0.300 e. The number of carbonyl (C=O) groups is 1. The number of sulfone groups is 1. The molecule has 0 atom stereocenters. The molecule has 1 amide bonds. The molecule has 9 heteroatoms. The first-order valence-electron chi connectivity index (χ1n) is 8.64. The molecule has 7 nitrogen and oxygen atoms in total. The summed E-state index contributed by atoms with van der Waals surface area (Å²) in [5.74, 6) is 0.365. The van der Waals surface area contributed by atoms with Gasteiger partial charge in [-0.2, -0.15) is 0 Å². The predicted octanol–water partition coefficient (Wildman–Crippen LogP) is 3.16. The molecule has 152 valence electrons. The summed E-state index contributed by atoms with van der Waals surface area (Å²) >= 11 is 5.99. The topological polar surface area (TPSA) is 81.5 Å². The van der Waals surface area contributed by atoms with Gasteiger partial charge in [0.25, 0.3) is 5.91 Å². The summed E-state index contributed by atoms with van der Waals surface area (Å²) in [6.07, 6.45) is 2.97. The minimum atomic E-state index is -3.30. The molecular formula is C20H20ClN3O4S. The first kappa shape index (κ1) is 21.0. The normalized spacial score (nSPS) is 11.4. The van der Waals surface area contributed by atoms with Gasteiger partial charge in [-0.15, -0.1) is 0 Å². The lowest BCUT2D eigenvalue weighted by Crippen LogP contribution is -2.27. The third-order valence-corrected chi connectivity index (χ3v) is 5.74. The number of carbonyl (C=O) groups excluding carboxylic acids is 1. The Morgan fingerprint density at radius 1 is 1.14 bits per heavy atom. The van der Waals surface area contributed by atoms with E-state index in [0.717, 1.165) is 16.9 Å². The van der Waals surface area contributed by atoms with E-state index >= 15 is 0 Å². The van der Waals surface area contributed by atoms with Gasteiger partial charge in [-0.05, 0) is 48.5 Å². The van der Waals surface area contributed by atoms with Crippen molar-refractivity contribution >= 4 is 27.3 Å². The number of hydroxylamine groups is 2. The molecule has 0 aliphatic rings. The number of imidazole rings is 1. The summed E-state index contributed by atoms with van der Waals surface area (Å²) in [5.41, 5.74) is 2.07. The molecule has 0 aliphatic heterocycles. The summed E-state index contributed by atoms with van der Waals surface area (Å²) in [6, 6.07) is 13.7. The molecule has 1 heterocycles. The largest absolute Gasteiger partial charge is 0.300 e. The van der Waals surface area contributed by atoms with Gasteiger partial charge in [-0.25, -0.2) is 18.5 Å². The first-order valence-corrected chi connectivity index (χ1v) is 10.9. The Bertz CT molecular complexity index is 1120. The highest BCUT2D eigenvalue weighted by Gasteiger charge is 2.17. The Morgan fingerprint density at radius 3 is 2.31 bits per heavy atom. The Labute approximate surface area is 174 Å². The Kier molecular flexibility index (Phi) is 6.07. The van der Waals surface area contributed by atoms with E-state index < -0.39 is 9.84 Å². The molecular weight excluding hydrogens is 414 g/mol. The number of amides is 1. The molecule has 0 bridgehead atoms. The van der Waals surface area contributed by atoms with Crippen molar-refractivity contribution in [3.8, 4) is 17.1 Å². The lowest BCUT2D eigenvalue weighted by molar-refractivity contribution is -0.167. The maximum Gasteiger partial charge on any atom is 0.251 e. The van der Waals surface area contributed by atoms with Gasteiger partial charge in [0.1, 0.15) is 5.82 Å². The first-order chi connectivity index (χ1) is 13.7. The fraction of sp³-hybridized carbons (Fsp3) is 0.200. The predicted molar refractivity (Wildman–Crippen MR) is 111 cm³/mol. The van der Waals surface area contributed by atoms with Crippen LogP contribution in [0.1, 0.15) is 5.69 Å². The van der Waals surface area contributed by atoms with Crippen LogP contribution < -0.4 is 0 Å². The van der Waals surface area contributed by atoms with Crippen LogP contribution in [-0.4, -0.2) is 49.4 Å². The molecule has 0 radical (unpaired) electrons. The van der Waals surface area contributed by atoms with Crippen LogP contribution in [0.3, 0.4) is 0 Å². The van der Waals surface area contributed by atoms with Crippen molar-refractivity contribution in [1.82, 2.24) is 14.6 Å². The number of hydrogen-bond acceptors (Lipinski definition) is 5. The highest BCUT2D eigenvalue weighted by atomic mass is 35.5. The molecule has 1 aromatic heterocycles. The monoisotopic (exact) mass is 433 g/mol. The van der Waals surface area contributed by atoms with Crippen molar-refractivity contribution in [2.24, 2.45) is 0 Å². The van der Waals surface area contributed by atoms with Crippen molar-refractivity contribution in [2.45, 2.75) is 11.3 Å². The standard InChI is InChI=1S/C20H20ClN3O4S/c1-23(28-2)19(25)12-16-13-24(17-8-10-18(11-9-17)29(3,26)27)20(22-16)14-4-6-15(21)7-5-14/h4-11,13H,12H2,1-3H3. The van der Waals surface area contributed by atoms with Gasteiger partial charge in [0, 0.05) is 35.8 Å². The second kappa shape index (κ2) is 8.36. The van der Waals surface area contributed by atoms with Crippen LogP contribution in [0.25, 0.3) is 17.1 Å². The van der Waals surface area contributed by atoms with Crippen LogP contribution in [0.4, 0.5) is 0 Å². The zero-order chi connectivity index (χ0) is 21.2. The molecule has 2 aromatic carbocycles. The summed E-state index contributed by atoms with van der Waals surface area (Å²) in [6.45, 7) is 0. The number of rotatable bonds is 6. The highest BCUT2D eigenvalue weighted by Crippen LogP contribution is 2.25. The maximum absolute atomic E-state index is 12.2. The van der Waals surface area contributed by atoms with Crippen molar-refractivity contribution in [2.75, 3.05) is 20.4 Å². The zero-order valence-electron chi connectivity index (χ0n) is 16.2. The average molecular weight is 434 g/mol. The molecule has 0 fully saturated rings. The Hall–Kier alpha value is -2.68. The fourth-order valence-electron chi connectivity index (χ4n) is 2.74. The summed E-state index contributed by atoms with van der Waals surface area (Å²) in [4.78, 5) is 22.0. The van der Waals surface area contributed by atoms with Crippen LogP contribution in [0.5, 0.6) is 0 Å². The van der Waals surface area contributed by atoms with Gasteiger partial charge in [-0.1, -0.05) is 11.6 Å². The zero-order valence-corrected chi connectivity index (χ0v) is 17.7. The van der Waals surface area contributed by atoms with Gasteiger partial charge in [0.05, 0.1) is 24.1 Å². The van der Waals surface area contributed by atoms with Crippen LogP contribution in [-0.2, 0) is 25.9 Å². The van der Waals surface area contributed by atoms with Gasteiger partial charge in [0.15, 0.2) is 9.84 Å². The van der Waals surface area contributed by atoms with Gasteiger partial charge < -0.3 is 0 Å². The second-order valence-corrected chi connectivity index (χ2v) is 8.90. The van der Waals surface area contributed by atoms with Crippen LogP contribution in [0, 0.1) is 0 Å². The number of aromatic nitrogens is 2. The molecule has 0 saturated carbocycles. The molecule has 0 aliphatic carbocycles. The molecule has 3 aromatic rings. The van der Waals surface area contributed by atoms with Crippen molar-refractivity contribution in [3.05, 3.63) is 65.4 Å². The number of nitrogens with zero attached hydrogens (tertiary/aromatic N) is 3. The molecule has 3 rings (SSSR count). The van der Waals surface area contributed by atoms with E-state index in [4.69, 9.17) is 16.4 Å². The Balaban J connectivity index is 2.06. The van der Waals surface area contributed by atoms with Crippen molar-refractivity contribution < 1.29 is 18.0 Å². The summed E-state index contributed by atoms with van der Waals surface area (Å²) in [5, 5.41) is 1.74. The number of benzene rings is 2. The highest BCUT2D eigenvalue weighted by molar-refractivity contribution is 7.90. The lowest BCUT2D eigenvalue weighted by Gasteiger charge is -2.12. The van der Waals surface area contributed by atoms with E-state index in [2.05, 4.69) is 4.98 Å². The SMILES string of the molecule is CON(C)C(=O)Cc1cn(-c2ccc(S(C)(=O)=O)cc2)c(-c2ccc(Cl)cc2)n1. The fourth-order valence-corrected chi connectivity index (χ4v) is 3.49. The molecule has 0 spiro atoms. The number of hydrogen-bond donors (Lipinski definition) is 0. The van der Waals surface area contributed by atoms with Gasteiger partial charge in [-0.3, -0.25) is 14.2 Å². The molecule has 0 unspecified atom stereocenters. The second-order valence-electron chi connectivity index (χ2n) is 6.45. The average Bonchev–Trinajstić information content (AvgIpc) is 3.11. The molecule has 0 N–H and O–H groups in total. The lowest BCUT2D eigenvalue weighted by atomic mass is 10.2. The Morgan fingerprint density at radius 2 is 1.76 bits per heavy atom. The van der Waals surface area contributed by atoms with E-state index in [1.807, 2.05) is 16.7 Å². The van der Waals surface area contributed by atoms with E-state index in [0.29, 0.717) is 22.2 Å². The van der Waals surface area contributed by atoms with E-state index in [1.165, 1.54) is 14.2 Å². The maximum atomic E-state index is 12.2. The van der Waals surface area contributed by atoms with E-state index in [1.54, 1.807) is 42.6 Å². The van der Waals surface area contributed by atoms with Crippen molar-refractivity contribution in [1.29, 1.82) is 0 Å². The van der Waals surface area contributed by atoms with E-state index in [9.17, 15) is 13.2 Å². The quantitative estimate of drug-likeness (QED) is 0.558. The molecule has 0 saturated heterocycles. The van der Waals surface area contributed by atoms with Crippen LogP contribution in [0.2, 0.25) is 5.02 Å². The van der Waals surface area contributed by atoms with Gasteiger partial charge in [0.2, 0.25) is 0 Å². The summed E-state index contributed by atoms with van der Waals surface area (Å²) in [7, 11) is -0.349. The number of halogens is 1. The molecule has 29 heavy (non-hydrogen) atoms.